The lowest BCUT2D eigenvalue weighted by Gasteiger charge is -2.30. The Labute approximate surface area is 172 Å². The summed E-state index contributed by atoms with van der Waals surface area (Å²) in [6.45, 7) is 0.0703. The number of ketones is 1. The number of ether oxygens (including phenoxy) is 2. The van der Waals surface area contributed by atoms with E-state index in [0.717, 1.165) is 25.7 Å². The second-order valence-electron chi connectivity index (χ2n) is 7.73. The van der Waals surface area contributed by atoms with Gasteiger partial charge in [0.05, 0.1) is 11.6 Å². The molecule has 1 N–H and O–H groups in total. The van der Waals surface area contributed by atoms with Crippen molar-refractivity contribution in [3.8, 4) is 11.5 Å². The topological polar surface area (TPSA) is 76.1 Å². The van der Waals surface area contributed by atoms with Crippen LogP contribution in [0.4, 0.5) is 4.39 Å². The number of aliphatic hydroxyl groups is 1. The van der Waals surface area contributed by atoms with Gasteiger partial charge in [0, 0.05) is 17.2 Å². The summed E-state index contributed by atoms with van der Waals surface area (Å²) in [5, 5.41) is 11.1. The minimum absolute atomic E-state index is 0.0703. The number of nitrogens with zero attached hydrogens (tertiary/aromatic N) is 1. The first kappa shape index (κ1) is 18.7. The summed E-state index contributed by atoms with van der Waals surface area (Å²) in [6.07, 6.45) is 3.39. The highest BCUT2D eigenvalue weighted by molar-refractivity contribution is 6.46. The zero-order valence-electron chi connectivity index (χ0n) is 16.1. The van der Waals surface area contributed by atoms with Crippen LogP contribution in [0.1, 0.15) is 42.9 Å². The average Bonchev–Trinajstić information content (AvgIpc) is 3.48. The normalized spacial score (nSPS) is 22.8. The van der Waals surface area contributed by atoms with Crippen molar-refractivity contribution in [2.45, 2.75) is 37.8 Å². The summed E-state index contributed by atoms with van der Waals surface area (Å²) in [4.78, 5) is 27.5. The van der Waals surface area contributed by atoms with Gasteiger partial charge < -0.3 is 19.5 Å². The van der Waals surface area contributed by atoms with Gasteiger partial charge in [-0.05, 0) is 37.1 Å². The highest BCUT2D eigenvalue weighted by atomic mass is 19.1. The summed E-state index contributed by atoms with van der Waals surface area (Å²) >= 11 is 0. The van der Waals surface area contributed by atoms with E-state index in [9.17, 15) is 19.1 Å². The number of likely N-dealkylation sites (tertiary alicyclic amines) is 1. The van der Waals surface area contributed by atoms with Crippen LogP contribution in [-0.2, 0) is 9.59 Å². The number of carbonyl (C=O) groups is 2. The van der Waals surface area contributed by atoms with Gasteiger partial charge in [0.2, 0.25) is 6.79 Å². The largest absolute Gasteiger partial charge is 0.507 e. The van der Waals surface area contributed by atoms with Crippen LogP contribution in [-0.4, -0.2) is 34.5 Å². The van der Waals surface area contributed by atoms with Crippen LogP contribution in [0.2, 0.25) is 0 Å². The maximum atomic E-state index is 14.8. The number of benzene rings is 2. The van der Waals surface area contributed by atoms with Gasteiger partial charge in [-0.25, -0.2) is 4.39 Å². The predicted octanol–water partition coefficient (Wildman–Crippen LogP) is 3.92. The molecule has 0 spiro atoms. The van der Waals surface area contributed by atoms with Crippen LogP contribution in [0.25, 0.3) is 5.76 Å². The van der Waals surface area contributed by atoms with E-state index in [-0.39, 0.29) is 29.7 Å². The minimum atomic E-state index is -0.972. The molecule has 7 heteroatoms. The molecule has 2 aromatic rings. The molecule has 1 saturated carbocycles. The second kappa shape index (κ2) is 7.16. The molecule has 2 heterocycles. The molecule has 6 nitrogen and oxygen atoms in total. The van der Waals surface area contributed by atoms with E-state index >= 15 is 0 Å². The molecule has 1 amide bonds. The van der Waals surface area contributed by atoms with Crippen molar-refractivity contribution in [2.75, 3.05) is 6.79 Å². The van der Waals surface area contributed by atoms with E-state index in [4.69, 9.17) is 9.47 Å². The number of rotatable bonds is 3. The van der Waals surface area contributed by atoms with Crippen LogP contribution >= 0.6 is 0 Å². The quantitative estimate of drug-likeness (QED) is 0.472. The van der Waals surface area contributed by atoms with Crippen molar-refractivity contribution in [3.05, 3.63) is 65.0 Å². The first-order chi connectivity index (χ1) is 14.6. The lowest BCUT2D eigenvalue weighted by molar-refractivity contribution is -0.141. The molecule has 1 aliphatic carbocycles. The monoisotopic (exact) mass is 409 g/mol. The molecule has 0 radical (unpaired) electrons. The van der Waals surface area contributed by atoms with Gasteiger partial charge in [-0.2, -0.15) is 0 Å². The van der Waals surface area contributed by atoms with Gasteiger partial charge in [0.25, 0.3) is 11.7 Å². The molecule has 1 saturated heterocycles. The summed E-state index contributed by atoms with van der Waals surface area (Å²) in [6, 6.07) is 9.71. The fourth-order valence-electron chi connectivity index (χ4n) is 4.61. The Balaban J connectivity index is 1.68. The first-order valence-corrected chi connectivity index (χ1v) is 10.0. The third-order valence-corrected chi connectivity index (χ3v) is 6.04. The Morgan fingerprint density at radius 3 is 2.53 bits per heavy atom. The van der Waals surface area contributed by atoms with Crippen molar-refractivity contribution >= 4 is 17.4 Å². The maximum Gasteiger partial charge on any atom is 0.295 e. The molecule has 2 fully saturated rings. The fourth-order valence-corrected chi connectivity index (χ4v) is 4.61. The van der Waals surface area contributed by atoms with Gasteiger partial charge in [-0.3, -0.25) is 9.59 Å². The third-order valence-electron chi connectivity index (χ3n) is 6.04. The fraction of sp³-hybridized carbons (Fsp3) is 0.304. The third kappa shape index (κ3) is 2.84. The van der Waals surface area contributed by atoms with Crippen molar-refractivity contribution in [1.29, 1.82) is 0 Å². The van der Waals surface area contributed by atoms with E-state index in [1.54, 1.807) is 36.4 Å². The van der Waals surface area contributed by atoms with E-state index in [1.807, 2.05) is 0 Å². The molecule has 30 heavy (non-hydrogen) atoms. The Hall–Kier alpha value is -3.35. The van der Waals surface area contributed by atoms with Crippen molar-refractivity contribution in [1.82, 2.24) is 4.90 Å². The number of halogens is 1. The predicted molar refractivity (Wildman–Crippen MR) is 105 cm³/mol. The molecule has 1 unspecified atom stereocenters. The van der Waals surface area contributed by atoms with Crippen molar-refractivity contribution in [3.63, 3.8) is 0 Å². The van der Waals surface area contributed by atoms with Crippen molar-refractivity contribution in [2.24, 2.45) is 0 Å². The molecular weight excluding hydrogens is 389 g/mol. The maximum absolute atomic E-state index is 14.8. The van der Waals surface area contributed by atoms with Gasteiger partial charge in [0.15, 0.2) is 11.5 Å². The molecule has 3 aliphatic rings. The Kier molecular flexibility index (Phi) is 4.46. The molecule has 0 aromatic heterocycles. The van der Waals surface area contributed by atoms with Gasteiger partial charge in [-0.1, -0.05) is 31.0 Å². The Bertz CT molecular complexity index is 1070. The lowest BCUT2D eigenvalue weighted by atomic mass is 9.94. The van der Waals surface area contributed by atoms with Gasteiger partial charge in [-0.15, -0.1) is 0 Å². The molecule has 5 rings (SSSR count). The molecular formula is C23H20FNO5. The number of hydrogen-bond acceptors (Lipinski definition) is 5. The van der Waals surface area contributed by atoms with Crippen LogP contribution in [0.3, 0.4) is 0 Å². The minimum Gasteiger partial charge on any atom is -0.507 e. The van der Waals surface area contributed by atoms with E-state index in [1.165, 1.54) is 11.0 Å². The number of fused-ring (bicyclic) bond motifs is 1. The molecule has 2 aliphatic heterocycles. The average molecular weight is 409 g/mol. The zero-order chi connectivity index (χ0) is 20.8. The van der Waals surface area contributed by atoms with Crippen LogP contribution in [0.15, 0.2) is 48.0 Å². The van der Waals surface area contributed by atoms with Crippen LogP contribution in [0.5, 0.6) is 11.5 Å². The van der Waals surface area contributed by atoms with Gasteiger partial charge in [0.1, 0.15) is 11.6 Å². The summed E-state index contributed by atoms with van der Waals surface area (Å²) < 4.78 is 25.4. The Morgan fingerprint density at radius 2 is 1.77 bits per heavy atom. The summed E-state index contributed by atoms with van der Waals surface area (Å²) in [5.41, 5.74) is 0.409. The highest BCUT2D eigenvalue weighted by Crippen LogP contribution is 2.45. The van der Waals surface area contributed by atoms with Crippen LogP contribution in [0, 0.1) is 5.82 Å². The second-order valence-corrected chi connectivity index (χ2v) is 7.73. The zero-order valence-corrected chi connectivity index (χ0v) is 16.1. The Morgan fingerprint density at radius 1 is 1.03 bits per heavy atom. The van der Waals surface area contributed by atoms with Crippen molar-refractivity contribution < 1.29 is 28.6 Å². The number of hydrogen-bond donors (Lipinski definition) is 1. The van der Waals surface area contributed by atoms with E-state index in [2.05, 4.69) is 0 Å². The first-order valence-electron chi connectivity index (χ1n) is 10.0. The smallest absolute Gasteiger partial charge is 0.295 e. The SMILES string of the molecule is O=C1C(=O)N(C2CCCC2)C(c2ccccc2F)/C1=C(\O)c1ccc2c(c1)OCO2. The highest BCUT2D eigenvalue weighted by Gasteiger charge is 2.50. The molecule has 154 valence electrons. The van der Waals surface area contributed by atoms with Gasteiger partial charge >= 0.3 is 0 Å². The van der Waals surface area contributed by atoms with E-state index in [0.29, 0.717) is 17.1 Å². The lowest BCUT2D eigenvalue weighted by Crippen LogP contribution is -2.38. The molecule has 0 bridgehead atoms. The molecule has 1 atom stereocenters. The molecule has 2 aromatic carbocycles. The standard InChI is InChI=1S/C23H20FNO5/c24-16-8-4-3-7-15(16)20-19(22(27)23(28)25(20)14-5-1-2-6-14)21(26)13-9-10-17-18(11-13)30-12-29-17/h3-4,7-11,14,20,26H,1-2,5-6,12H2/b21-19+. The number of carbonyl (C=O) groups excluding carboxylic acids is 2. The van der Waals surface area contributed by atoms with Crippen LogP contribution < -0.4 is 9.47 Å². The number of amides is 1. The number of aliphatic hydroxyl groups excluding tert-OH is 1. The number of Topliss-reactive ketones (excluding diaryl/α,β-unsaturated/α-hetero) is 1. The summed E-state index contributed by atoms with van der Waals surface area (Å²) in [7, 11) is 0. The summed E-state index contributed by atoms with van der Waals surface area (Å²) in [5.74, 6) is -1.40. The van der Waals surface area contributed by atoms with E-state index < -0.39 is 23.5 Å².